The number of thioether (sulfide) groups is 1. The van der Waals surface area contributed by atoms with Crippen LogP contribution in [0.2, 0.25) is 10.0 Å². The quantitative estimate of drug-likeness (QED) is 0.598. The number of hydrogen-bond acceptors (Lipinski definition) is 3. The molecular weight excluding hydrogens is 359 g/mol. The fourth-order valence-corrected chi connectivity index (χ4v) is 2.64. The molecule has 2 N–H and O–H groups in total. The zero-order valence-corrected chi connectivity index (χ0v) is 14.7. The van der Waals surface area contributed by atoms with Crippen molar-refractivity contribution in [2.45, 2.75) is 4.90 Å². The number of carbonyl (C=O) groups excluding carboxylic acids is 1. The molecule has 0 saturated carbocycles. The van der Waals surface area contributed by atoms with E-state index >= 15 is 0 Å². The average molecular weight is 371 g/mol. The number of benzene rings is 2. The van der Waals surface area contributed by atoms with Gasteiger partial charge in [-0.3, -0.25) is 10.1 Å². The monoisotopic (exact) mass is 370 g/mol. The molecule has 1 amide bonds. The molecule has 0 heterocycles. The predicted octanol–water partition coefficient (Wildman–Crippen LogP) is 4.84. The maximum absolute atomic E-state index is 12.1. The fraction of sp³-hybridized carbons (Fsp3) is 0.0667. The largest absolute Gasteiger partial charge is 0.332 e. The summed E-state index contributed by atoms with van der Waals surface area (Å²) in [7, 11) is 0. The molecule has 7 heteroatoms. The Labute approximate surface area is 148 Å². The van der Waals surface area contributed by atoms with Crippen molar-refractivity contribution < 1.29 is 4.79 Å². The van der Waals surface area contributed by atoms with Gasteiger partial charge in [0.1, 0.15) is 0 Å². The zero-order chi connectivity index (χ0) is 16.1. The minimum atomic E-state index is -0.350. The first-order valence-electron chi connectivity index (χ1n) is 6.21. The molecule has 0 aromatic heterocycles. The Morgan fingerprint density at radius 2 is 1.91 bits per heavy atom. The number of halogens is 2. The lowest BCUT2D eigenvalue weighted by molar-refractivity contribution is 0.0978. The van der Waals surface area contributed by atoms with Gasteiger partial charge in [-0.2, -0.15) is 0 Å². The van der Waals surface area contributed by atoms with E-state index in [-0.39, 0.29) is 11.0 Å². The molecule has 3 nitrogen and oxygen atoms in total. The zero-order valence-electron chi connectivity index (χ0n) is 11.5. The van der Waals surface area contributed by atoms with Crippen LogP contribution in [0, 0.1) is 0 Å². The van der Waals surface area contributed by atoms with Crippen molar-refractivity contribution in [2.24, 2.45) is 0 Å². The minimum absolute atomic E-state index is 0.217. The Kier molecular flexibility index (Phi) is 6.08. The Morgan fingerprint density at radius 1 is 1.14 bits per heavy atom. The van der Waals surface area contributed by atoms with Crippen LogP contribution in [0.15, 0.2) is 47.4 Å². The van der Waals surface area contributed by atoms with Crippen molar-refractivity contribution in [3.8, 4) is 0 Å². The smallest absolute Gasteiger partial charge is 0.257 e. The molecule has 2 aromatic carbocycles. The van der Waals surface area contributed by atoms with Gasteiger partial charge in [0.2, 0.25) is 0 Å². The van der Waals surface area contributed by atoms with Crippen molar-refractivity contribution in [1.82, 2.24) is 5.32 Å². The van der Waals surface area contributed by atoms with Crippen LogP contribution in [0.1, 0.15) is 10.4 Å². The van der Waals surface area contributed by atoms with E-state index in [0.717, 1.165) is 10.6 Å². The SMILES string of the molecule is CSc1cccc(NC(=S)NC(=O)c2ccc(Cl)c(Cl)c2)c1. The van der Waals surface area contributed by atoms with Crippen molar-refractivity contribution in [3.05, 3.63) is 58.1 Å². The van der Waals surface area contributed by atoms with Gasteiger partial charge in [0.05, 0.1) is 10.0 Å². The van der Waals surface area contributed by atoms with Crippen molar-refractivity contribution >= 4 is 63.9 Å². The highest BCUT2D eigenvalue weighted by Gasteiger charge is 2.10. The number of carbonyl (C=O) groups is 1. The average Bonchev–Trinajstić information content (AvgIpc) is 2.50. The van der Waals surface area contributed by atoms with E-state index in [1.54, 1.807) is 23.9 Å². The summed E-state index contributed by atoms with van der Waals surface area (Å²) in [5, 5.41) is 6.51. The molecule has 0 saturated heterocycles. The Morgan fingerprint density at radius 3 is 2.59 bits per heavy atom. The number of anilines is 1. The third-order valence-electron chi connectivity index (χ3n) is 2.74. The third-order valence-corrected chi connectivity index (χ3v) is 4.40. The number of nitrogens with one attached hydrogen (secondary N) is 2. The van der Waals surface area contributed by atoms with Gasteiger partial charge in [0.25, 0.3) is 5.91 Å². The lowest BCUT2D eigenvalue weighted by atomic mass is 10.2. The Bertz CT molecular complexity index is 722. The van der Waals surface area contributed by atoms with E-state index in [2.05, 4.69) is 10.6 Å². The Balaban J connectivity index is 2.01. The van der Waals surface area contributed by atoms with Gasteiger partial charge in [-0.15, -0.1) is 11.8 Å². The van der Waals surface area contributed by atoms with E-state index in [9.17, 15) is 4.79 Å². The normalized spacial score (nSPS) is 10.1. The molecule has 114 valence electrons. The summed E-state index contributed by atoms with van der Waals surface area (Å²) in [5.74, 6) is -0.350. The summed E-state index contributed by atoms with van der Waals surface area (Å²) in [6, 6.07) is 12.4. The molecule has 0 fully saturated rings. The van der Waals surface area contributed by atoms with Gasteiger partial charge in [-0.1, -0.05) is 29.3 Å². The van der Waals surface area contributed by atoms with Crippen LogP contribution >= 0.6 is 47.2 Å². The van der Waals surface area contributed by atoms with Crippen LogP contribution in [0.4, 0.5) is 5.69 Å². The number of rotatable bonds is 3. The van der Waals surface area contributed by atoms with E-state index in [4.69, 9.17) is 35.4 Å². The molecular formula is C15H12Cl2N2OS2. The van der Waals surface area contributed by atoms with Crippen LogP contribution < -0.4 is 10.6 Å². The van der Waals surface area contributed by atoms with Crippen LogP contribution in [0.3, 0.4) is 0 Å². The van der Waals surface area contributed by atoms with Gasteiger partial charge in [-0.05, 0) is 54.9 Å². The molecule has 2 rings (SSSR count). The number of thiocarbonyl (C=S) groups is 1. The first-order valence-corrected chi connectivity index (χ1v) is 8.60. The summed E-state index contributed by atoms with van der Waals surface area (Å²) in [4.78, 5) is 13.2. The van der Waals surface area contributed by atoms with Gasteiger partial charge < -0.3 is 5.32 Å². The summed E-state index contributed by atoms with van der Waals surface area (Å²) in [5.41, 5.74) is 1.20. The van der Waals surface area contributed by atoms with Crippen molar-refractivity contribution in [3.63, 3.8) is 0 Å². The first-order chi connectivity index (χ1) is 10.5. The lowest BCUT2D eigenvalue weighted by Gasteiger charge is -2.10. The topological polar surface area (TPSA) is 41.1 Å². The maximum atomic E-state index is 12.1. The lowest BCUT2D eigenvalue weighted by Crippen LogP contribution is -2.34. The van der Waals surface area contributed by atoms with Crippen LogP contribution in [0.5, 0.6) is 0 Å². The molecule has 0 aliphatic heterocycles. The molecule has 0 unspecified atom stereocenters. The summed E-state index contributed by atoms with van der Waals surface area (Å²) >= 11 is 18.5. The molecule has 0 radical (unpaired) electrons. The summed E-state index contributed by atoms with van der Waals surface area (Å²) in [6.45, 7) is 0. The van der Waals surface area contributed by atoms with Gasteiger partial charge >= 0.3 is 0 Å². The first kappa shape index (κ1) is 17.1. The van der Waals surface area contributed by atoms with Gasteiger partial charge in [0.15, 0.2) is 5.11 Å². The number of amides is 1. The molecule has 0 aliphatic rings. The third kappa shape index (κ3) is 4.61. The molecule has 0 aliphatic carbocycles. The summed E-state index contributed by atoms with van der Waals surface area (Å²) < 4.78 is 0. The van der Waals surface area contributed by atoms with Crippen LogP contribution in [-0.4, -0.2) is 17.3 Å². The second-order valence-corrected chi connectivity index (χ2v) is 6.37. The highest BCUT2D eigenvalue weighted by Crippen LogP contribution is 2.22. The fourth-order valence-electron chi connectivity index (χ4n) is 1.68. The highest BCUT2D eigenvalue weighted by atomic mass is 35.5. The van der Waals surface area contributed by atoms with Crippen LogP contribution in [0.25, 0.3) is 0 Å². The molecule has 0 bridgehead atoms. The van der Waals surface area contributed by atoms with E-state index in [0.29, 0.717) is 15.6 Å². The Hall–Kier alpha value is -1.27. The maximum Gasteiger partial charge on any atom is 0.257 e. The van der Waals surface area contributed by atoms with E-state index in [1.165, 1.54) is 6.07 Å². The van der Waals surface area contributed by atoms with Crippen LogP contribution in [-0.2, 0) is 0 Å². The van der Waals surface area contributed by atoms with Crippen molar-refractivity contribution in [1.29, 1.82) is 0 Å². The predicted molar refractivity (Wildman–Crippen MR) is 98.4 cm³/mol. The molecule has 0 atom stereocenters. The highest BCUT2D eigenvalue weighted by molar-refractivity contribution is 7.98. The van der Waals surface area contributed by atoms with E-state index < -0.39 is 0 Å². The minimum Gasteiger partial charge on any atom is -0.332 e. The second kappa shape index (κ2) is 7.83. The molecule has 22 heavy (non-hydrogen) atoms. The summed E-state index contributed by atoms with van der Waals surface area (Å²) in [6.07, 6.45) is 1.99. The van der Waals surface area contributed by atoms with Gasteiger partial charge in [0, 0.05) is 16.1 Å². The standard InChI is InChI=1S/C15H12Cl2N2OS2/c1-22-11-4-2-3-10(8-11)18-15(21)19-14(20)9-5-6-12(16)13(17)7-9/h2-8H,1H3,(H2,18,19,20,21). The second-order valence-electron chi connectivity index (χ2n) is 4.27. The number of hydrogen-bond donors (Lipinski definition) is 2. The molecule has 0 spiro atoms. The molecule has 2 aromatic rings. The van der Waals surface area contributed by atoms with Gasteiger partial charge in [-0.25, -0.2) is 0 Å². The van der Waals surface area contributed by atoms with E-state index in [1.807, 2.05) is 30.5 Å². The van der Waals surface area contributed by atoms with Crippen molar-refractivity contribution in [2.75, 3.05) is 11.6 Å².